The zero-order valence-electron chi connectivity index (χ0n) is 14.3. The van der Waals surface area contributed by atoms with E-state index in [0.717, 1.165) is 31.5 Å². The third-order valence-corrected chi connectivity index (χ3v) is 4.51. The molecule has 1 heterocycles. The van der Waals surface area contributed by atoms with Crippen LogP contribution in [0.15, 0.2) is 23.2 Å². The maximum absolute atomic E-state index is 4.73. The maximum atomic E-state index is 4.73. The minimum Gasteiger partial charge on any atom is -0.374 e. The van der Waals surface area contributed by atoms with Gasteiger partial charge in [0.2, 0.25) is 0 Å². The number of anilines is 1. The fourth-order valence-corrected chi connectivity index (χ4v) is 3.01. The molecule has 0 radical (unpaired) electrons. The van der Waals surface area contributed by atoms with E-state index < -0.39 is 0 Å². The van der Waals surface area contributed by atoms with Crippen LogP contribution in [0.5, 0.6) is 0 Å². The van der Waals surface area contributed by atoms with Crippen LogP contribution in [0.25, 0.3) is 0 Å². The summed E-state index contributed by atoms with van der Waals surface area (Å²) in [5.74, 6) is 1.81. The van der Waals surface area contributed by atoms with Crippen LogP contribution in [0.3, 0.4) is 0 Å². The molecule has 4 nitrogen and oxygen atoms in total. The van der Waals surface area contributed by atoms with Gasteiger partial charge in [-0.05, 0) is 55.7 Å². The van der Waals surface area contributed by atoms with Crippen LogP contribution in [0.4, 0.5) is 5.69 Å². The average Bonchev–Trinajstić information content (AvgIpc) is 3.34. The molecule has 128 valence electrons. The molecule has 3 rings (SSSR count). The van der Waals surface area contributed by atoms with Gasteiger partial charge in [-0.1, -0.05) is 12.1 Å². The Morgan fingerprint density at radius 2 is 2.13 bits per heavy atom. The smallest absolute Gasteiger partial charge is 0.191 e. The Labute approximate surface area is 157 Å². The molecule has 5 heteroatoms. The van der Waals surface area contributed by atoms with Crippen molar-refractivity contribution < 1.29 is 0 Å². The van der Waals surface area contributed by atoms with E-state index >= 15 is 0 Å². The first-order valence-corrected chi connectivity index (χ1v) is 8.61. The normalized spacial score (nSPS) is 17.3. The van der Waals surface area contributed by atoms with Crippen molar-refractivity contribution in [2.75, 3.05) is 31.6 Å². The fraction of sp³-hybridized carbons (Fsp3) is 0.611. The summed E-state index contributed by atoms with van der Waals surface area (Å²) >= 11 is 0. The molecule has 0 amide bonds. The Morgan fingerprint density at radius 1 is 1.30 bits per heavy atom. The van der Waals surface area contributed by atoms with Gasteiger partial charge in [0.25, 0.3) is 0 Å². The Kier molecular flexibility index (Phi) is 6.99. The zero-order valence-corrected chi connectivity index (χ0v) is 16.6. The number of nitrogens with zero attached hydrogens (tertiary/aromatic N) is 2. The molecule has 23 heavy (non-hydrogen) atoms. The molecule has 0 atom stereocenters. The van der Waals surface area contributed by atoms with Crippen LogP contribution in [-0.2, 0) is 13.0 Å². The topological polar surface area (TPSA) is 39.7 Å². The molecule has 0 unspecified atom stereocenters. The van der Waals surface area contributed by atoms with Crippen molar-refractivity contribution in [3.05, 3.63) is 29.3 Å². The number of hydrogen-bond acceptors (Lipinski definition) is 2. The summed E-state index contributed by atoms with van der Waals surface area (Å²) in [6.07, 6.45) is 5.18. The van der Waals surface area contributed by atoms with E-state index in [1.165, 1.54) is 49.0 Å². The number of fused-ring (bicyclic) bond motifs is 1. The van der Waals surface area contributed by atoms with E-state index in [2.05, 4.69) is 47.7 Å². The maximum Gasteiger partial charge on any atom is 0.191 e. The molecule has 0 saturated heterocycles. The number of nitrogens with one attached hydrogen (secondary N) is 2. The van der Waals surface area contributed by atoms with Gasteiger partial charge in [0, 0.05) is 32.4 Å². The van der Waals surface area contributed by atoms with Crippen LogP contribution in [-0.4, -0.2) is 32.6 Å². The van der Waals surface area contributed by atoms with Gasteiger partial charge in [0.1, 0.15) is 0 Å². The van der Waals surface area contributed by atoms with Gasteiger partial charge in [0.05, 0.1) is 6.54 Å². The zero-order chi connectivity index (χ0) is 15.4. The van der Waals surface area contributed by atoms with E-state index in [1.807, 2.05) is 0 Å². The van der Waals surface area contributed by atoms with Crippen LogP contribution in [0.1, 0.15) is 37.3 Å². The summed E-state index contributed by atoms with van der Waals surface area (Å²) in [5.41, 5.74) is 4.16. The van der Waals surface area contributed by atoms with Crippen molar-refractivity contribution >= 4 is 35.6 Å². The predicted molar refractivity (Wildman–Crippen MR) is 109 cm³/mol. The standard InChI is InChI=1S/C18H28N4.HI/c1-3-19-18(20-12-14-6-7-14)21-13-15-8-9-17-16(11-15)5-4-10-22(17)2;/h8-9,11,14H,3-7,10,12-13H2,1-2H3,(H2,19,20,21);1H. The van der Waals surface area contributed by atoms with Crippen LogP contribution in [0.2, 0.25) is 0 Å². The van der Waals surface area contributed by atoms with Crippen LogP contribution < -0.4 is 15.5 Å². The highest BCUT2D eigenvalue weighted by molar-refractivity contribution is 14.0. The van der Waals surface area contributed by atoms with Crippen molar-refractivity contribution in [2.45, 2.75) is 39.2 Å². The largest absolute Gasteiger partial charge is 0.374 e. The molecule has 1 saturated carbocycles. The minimum absolute atomic E-state index is 0. The summed E-state index contributed by atoms with van der Waals surface area (Å²) in [6.45, 7) is 5.99. The molecular weight excluding hydrogens is 399 g/mol. The Bertz CT molecular complexity index is 540. The number of aliphatic imine (C=N–C) groups is 1. The number of rotatable bonds is 5. The van der Waals surface area contributed by atoms with Crippen molar-refractivity contribution in [3.63, 3.8) is 0 Å². The number of benzene rings is 1. The van der Waals surface area contributed by atoms with E-state index in [4.69, 9.17) is 4.99 Å². The summed E-state index contributed by atoms with van der Waals surface area (Å²) in [7, 11) is 2.18. The molecular formula is C18H29IN4. The van der Waals surface area contributed by atoms with E-state index in [1.54, 1.807) is 0 Å². The first kappa shape index (κ1) is 18.4. The number of aryl methyl sites for hydroxylation is 1. The molecule has 2 aliphatic rings. The van der Waals surface area contributed by atoms with Gasteiger partial charge in [-0.3, -0.25) is 0 Å². The average molecular weight is 428 g/mol. The summed E-state index contributed by atoms with van der Waals surface area (Å²) in [4.78, 5) is 7.09. The van der Waals surface area contributed by atoms with Gasteiger partial charge >= 0.3 is 0 Å². The van der Waals surface area contributed by atoms with E-state index in [-0.39, 0.29) is 24.0 Å². The van der Waals surface area contributed by atoms with Crippen molar-refractivity contribution in [3.8, 4) is 0 Å². The lowest BCUT2D eigenvalue weighted by Gasteiger charge is -2.27. The Balaban J connectivity index is 0.00000192. The number of hydrogen-bond donors (Lipinski definition) is 2. The van der Waals surface area contributed by atoms with Crippen molar-refractivity contribution in [2.24, 2.45) is 10.9 Å². The molecule has 0 bridgehead atoms. The Hall–Kier alpha value is -0.980. The third-order valence-electron chi connectivity index (χ3n) is 4.51. The number of halogens is 1. The van der Waals surface area contributed by atoms with Gasteiger partial charge in [-0.25, -0.2) is 4.99 Å². The van der Waals surface area contributed by atoms with Crippen molar-refractivity contribution in [1.29, 1.82) is 0 Å². The first-order chi connectivity index (χ1) is 10.8. The molecule has 1 aliphatic carbocycles. The highest BCUT2D eigenvalue weighted by atomic mass is 127. The van der Waals surface area contributed by atoms with Crippen molar-refractivity contribution in [1.82, 2.24) is 10.6 Å². The molecule has 2 N–H and O–H groups in total. The molecule has 0 aromatic heterocycles. The van der Waals surface area contributed by atoms with Crippen LogP contribution >= 0.6 is 24.0 Å². The lowest BCUT2D eigenvalue weighted by molar-refractivity contribution is 0.736. The summed E-state index contributed by atoms with van der Waals surface area (Å²) in [5, 5.41) is 6.79. The third kappa shape index (κ3) is 5.26. The predicted octanol–water partition coefficient (Wildman–Crippen LogP) is 3.15. The molecule has 1 aromatic rings. The molecule has 0 spiro atoms. The van der Waals surface area contributed by atoms with Gasteiger partial charge in [-0.2, -0.15) is 0 Å². The quantitative estimate of drug-likeness (QED) is 0.430. The fourth-order valence-electron chi connectivity index (χ4n) is 3.01. The SMILES string of the molecule is CCNC(=NCc1ccc2c(c1)CCCN2C)NCC1CC1.I. The second-order valence-corrected chi connectivity index (χ2v) is 6.51. The summed E-state index contributed by atoms with van der Waals surface area (Å²) < 4.78 is 0. The highest BCUT2D eigenvalue weighted by Crippen LogP contribution is 2.28. The van der Waals surface area contributed by atoms with Gasteiger partial charge < -0.3 is 15.5 Å². The monoisotopic (exact) mass is 428 g/mol. The molecule has 1 aliphatic heterocycles. The van der Waals surface area contributed by atoms with Gasteiger partial charge in [0.15, 0.2) is 5.96 Å². The number of guanidine groups is 1. The highest BCUT2D eigenvalue weighted by Gasteiger charge is 2.21. The van der Waals surface area contributed by atoms with E-state index in [9.17, 15) is 0 Å². The minimum atomic E-state index is 0. The lowest BCUT2D eigenvalue weighted by Crippen LogP contribution is -2.38. The summed E-state index contributed by atoms with van der Waals surface area (Å²) in [6, 6.07) is 6.80. The first-order valence-electron chi connectivity index (χ1n) is 8.61. The van der Waals surface area contributed by atoms with E-state index in [0.29, 0.717) is 0 Å². The molecule has 1 fully saturated rings. The second kappa shape index (κ2) is 8.76. The molecule has 1 aromatic carbocycles. The lowest BCUT2D eigenvalue weighted by atomic mass is 10.00. The Morgan fingerprint density at radius 3 is 2.87 bits per heavy atom. The van der Waals surface area contributed by atoms with Gasteiger partial charge in [-0.15, -0.1) is 24.0 Å². The van der Waals surface area contributed by atoms with Crippen LogP contribution in [0, 0.1) is 5.92 Å². The second-order valence-electron chi connectivity index (χ2n) is 6.51.